The van der Waals surface area contributed by atoms with Gasteiger partial charge in [0, 0.05) is 13.0 Å². The van der Waals surface area contributed by atoms with Crippen LogP contribution in [0.1, 0.15) is 17.9 Å². The number of methoxy groups -OCH3 is 1. The zero-order valence-corrected chi connectivity index (χ0v) is 10.2. The Kier molecular flexibility index (Phi) is 4.04. The number of hydrogen-bond donors (Lipinski definition) is 1. The minimum absolute atomic E-state index is 0.0352. The molecule has 5 heteroatoms. The molecular weight excluding hydrogens is 236 g/mol. The van der Waals surface area contributed by atoms with E-state index < -0.39 is 5.97 Å². The van der Waals surface area contributed by atoms with Crippen LogP contribution in [0.25, 0.3) is 0 Å². The zero-order valence-electron chi connectivity index (χ0n) is 10.2. The first-order valence-electron chi connectivity index (χ1n) is 5.81. The molecule has 2 rings (SSSR count). The fraction of sp³-hybridized carbons (Fsp3) is 0.462. The fourth-order valence-electron chi connectivity index (χ4n) is 2.00. The lowest BCUT2D eigenvalue weighted by molar-refractivity contribution is -0.137. The Bertz CT molecular complexity index is 429. The molecule has 0 spiro atoms. The fourth-order valence-corrected chi connectivity index (χ4v) is 2.00. The molecule has 0 fully saturated rings. The largest absolute Gasteiger partial charge is 0.486 e. The van der Waals surface area contributed by atoms with Gasteiger partial charge in [-0.05, 0) is 17.7 Å². The summed E-state index contributed by atoms with van der Waals surface area (Å²) in [5, 5.41) is 8.90. The molecule has 98 valence electrons. The Morgan fingerprint density at radius 3 is 2.78 bits per heavy atom. The maximum atomic E-state index is 10.8. The van der Waals surface area contributed by atoms with Crippen LogP contribution in [-0.2, 0) is 9.53 Å². The van der Waals surface area contributed by atoms with Gasteiger partial charge in [-0.1, -0.05) is 6.07 Å². The average molecular weight is 252 g/mol. The summed E-state index contributed by atoms with van der Waals surface area (Å²) >= 11 is 0. The van der Waals surface area contributed by atoms with Gasteiger partial charge in [-0.15, -0.1) is 0 Å². The number of carbonyl (C=O) groups is 1. The summed E-state index contributed by atoms with van der Waals surface area (Å²) in [6.45, 7) is 1.43. The van der Waals surface area contributed by atoms with E-state index in [0.717, 1.165) is 5.56 Å². The number of fused-ring (bicyclic) bond motifs is 1. The van der Waals surface area contributed by atoms with Gasteiger partial charge >= 0.3 is 5.97 Å². The highest BCUT2D eigenvalue weighted by Crippen LogP contribution is 2.34. The molecule has 0 radical (unpaired) electrons. The van der Waals surface area contributed by atoms with Crippen LogP contribution in [0, 0.1) is 0 Å². The van der Waals surface area contributed by atoms with Crippen molar-refractivity contribution in [2.75, 3.05) is 26.9 Å². The zero-order chi connectivity index (χ0) is 13.0. The Balaban J connectivity index is 2.21. The van der Waals surface area contributed by atoms with Crippen molar-refractivity contribution >= 4 is 5.97 Å². The van der Waals surface area contributed by atoms with Crippen molar-refractivity contribution in [2.24, 2.45) is 0 Å². The van der Waals surface area contributed by atoms with E-state index in [1.54, 1.807) is 7.11 Å². The van der Waals surface area contributed by atoms with Crippen molar-refractivity contribution in [1.82, 2.24) is 0 Å². The van der Waals surface area contributed by atoms with Gasteiger partial charge in [0.05, 0.1) is 13.0 Å². The third-order valence-electron chi connectivity index (χ3n) is 2.83. The predicted molar refractivity (Wildman–Crippen MR) is 64.3 cm³/mol. The molecule has 1 unspecified atom stereocenters. The molecule has 0 saturated carbocycles. The summed E-state index contributed by atoms with van der Waals surface area (Å²) < 4.78 is 16.0. The molecule has 0 aromatic heterocycles. The highest BCUT2D eigenvalue weighted by Gasteiger charge is 2.19. The molecule has 1 aromatic carbocycles. The second-order valence-electron chi connectivity index (χ2n) is 4.15. The van der Waals surface area contributed by atoms with Gasteiger partial charge in [0.1, 0.15) is 13.2 Å². The summed E-state index contributed by atoms with van der Waals surface area (Å²) in [6, 6.07) is 5.51. The van der Waals surface area contributed by atoms with Crippen LogP contribution in [-0.4, -0.2) is 38.0 Å². The van der Waals surface area contributed by atoms with Crippen LogP contribution in [0.4, 0.5) is 0 Å². The molecule has 1 atom stereocenters. The van der Waals surface area contributed by atoms with E-state index in [-0.39, 0.29) is 12.3 Å². The van der Waals surface area contributed by atoms with Crippen LogP contribution < -0.4 is 9.47 Å². The topological polar surface area (TPSA) is 65.0 Å². The lowest BCUT2D eigenvalue weighted by Crippen LogP contribution is -2.16. The maximum absolute atomic E-state index is 10.8. The van der Waals surface area contributed by atoms with Crippen molar-refractivity contribution in [2.45, 2.75) is 12.3 Å². The minimum Gasteiger partial charge on any atom is -0.486 e. The SMILES string of the molecule is COCC(CC(=O)O)c1ccc2c(c1)OCCO2. The van der Waals surface area contributed by atoms with E-state index in [9.17, 15) is 4.79 Å². The first-order chi connectivity index (χ1) is 8.70. The van der Waals surface area contributed by atoms with Gasteiger partial charge in [-0.25, -0.2) is 0 Å². The summed E-state index contributed by atoms with van der Waals surface area (Å²) in [5.74, 6) is 0.358. The van der Waals surface area contributed by atoms with Gasteiger partial charge in [-0.2, -0.15) is 0 Å². The van der Waals surface area contributed by atoms with E-state index in [4.69, 9.17) is 19.3 Å². The molecule has 1 aromatic rings. The highest BCUT2D eigenvalue weighted by atomic mass is 16.6. The first kappa shape index (κ1) is 12.7. The van der Waals surface area contributed by atoms with Gasteiger partial charge in [-0.3, -0.25) is 4.79 Å². The first-order valence-corrected chi connectivity index (χ1v) is 5.81. The lowest BCUT2D eigenvalue weighted by Gasteiger charge is -2.21. The molecule has 1 heterocycles. The number of carboxylic acids is 1. The van der Waals surface area contributed by atoms with E-state index in [2.05, 4.69) is 0 Å². The quantitative estimate of drug-likeness (QED) is 0.863. The molecule has 1 aliphatic heterocycles. The summed E-state index contributed by atoms with van der Waals surface area (Å²) in [5.41, 5.74) is 0.892. The second kappa shape index (κ2) is 5.73. The third-order valence-corrected chi connectivity index (χ3v) is 2.83. The van der Waals surface area contributed by atoms with E-state index in [1.165, 1.54) is 0 Å². The van der Waals surface area contributed by atoms with Gasteiger partial charge in [0.25, 0.3) is 0 Å². The molecule has 0 saturated heterocycles. The van der Waals surface area contributed by atoms with E-state index >= 15 is 0 Å². The van der Waals surface area contributed by atoms with Crippen molar-refractivity contribution in [3.05, 3.63) is 23.8 Å². The lowest BCUT2D eigenvalue weighted by atomic mass is 9.96. The molecule has 1 N–H and O–H groups in total. The van der Waals surface area contributed by atoms with Crippen molar-refractivity contribution < 1.29 is 24.1 Å². The summed E-state index contributed by atoms with van der Waals surface area (Å²) in [6.07, 6.45) is 0.0352. The number of rotatable bonds is 5. The molecular formula is C13H16O5. The Morgan fingerprint density at radius 2 is 2.11 bits per heavy atom. The number of hydrogen-bond acceptors (Lipinski definition) is 4. The Labute approximate surface area is 105 Å². The second-order valence-corrected chi connectivity index (χ2v) is 4.15. The molecule has 5 nitrogen and oxygen atoms in total. The maximum Gasteiger partial charge on any atom is 0.304 e. The van der Waals surface area contributed by atoms with Crippen LogP contribution >= 0.6 is 0 Å². The molecule has 0 bridgehead atoms. The monoisotopic (exact) mass is 252 g/mol. The van der Waals surface area contributed by atoms with E-state index in [0.29, 0.717) is 31.3 Å². The standard InChI is InChI=1S/C13H16O5/c1-16-8-10(7-13(14)15)9-2-3-11-12(6-9)18-5-4-17-11/h2-3,6,10H,4-5,7-8H2,1H3,(H,14,15). The van der Waals surface area contributed by atoms with E-state index in [1.807, 2.05) is 18.2 Å². The van der Waals surface area contributed by atoms with Gasteiger partial charge in [0.2, 0.25) is 0 Å². The van der Waals surface area contributed by atoms with Crippen molar-refractivity contribution in [3.8, 4) is 11.5 Å². The van der Waals surface area contributed by atoms with Gasteiger partial charge < -0.3 is 19.3 Å². The van der Waals surface area contributed by atoms with Crippen molar-refractivity contribution in [3.63, 3.8) is 0 Å². The minimum atomic E-state index is -0.841. The normalized spacial score (nSPS) is 15.2. The number of aliphatic carboxylic acids is 1. The number of ether oxygens (including phenoxy) is 3. The molecule has 1 aliphatic rings. The molecule has 0 amide bonds. The van der Waals surface area contributed by atoms with Gasteiger partial charge in [0.15, 0.2) is 11.5 Å². The van der Waals surface area contributed by atoms with Crippen molar-refractivity contribution in [1.29, 1.82) is 0 Å². The molecule has 0 aliphatic carbocycles. The van der Waals surface area contributed by atoms with Crippen LogP contribution in [0.2, 0.25) is 0 Å². The number of benzene rings is 1. The Hall–Kier alpha value is -1.75. The van der Waals surface area contributed by atoms with Crippen LogP contribution in [0.5, 0.6) is 11.5 Å². The predicted octanol–water partition coefficient (Wildman–Crippen LogP) is 1.66. The van der Waals surface area contributed by atoms with Crippen LogP contribution in [0.3, 0.4) is 0 Å². The Morgan fingerprint density at radius 1 is 1.39 bits per heavy atom. The molecule has 18 heavy (non-hydrogen) atoms. The average Bonchev–Trinajstić information content (AvgIpc) is 2.37. The number of carboxylic acid groups (broad SMARTS) is 1. The van der Waals surface area contributed by atoms with Crippen LogP contribution in [0.15, 0.2) is 18.2 Å². The smallest absolute Gasteiger partial charge is 0.304 e. The third kappa shape index (κ3) is 2.92. The highest BCUT2D eigenvalue weighted by molar-refractivity contribution is 5.68. The summed E-state index contributed by atoms with van der Waals surface area (Å²) in [7, 11) is 1.56. The summed E-state index contributed by atoms with van der Waals surface area (Å²) in [4.78, 5) is 10.8.